The third-order valence-corrected chi connectivity index (χ3v) is 6.16. The first kappa shape index (κ1) is 27.2. The minimum Gasteiger partial charge on any atom is -0.337 e. The summed E-state index contributed by atoms with van der Waals surface area (Å²) in [5.41, 5.74) is -3.23. The third kappa shape index (κ3) is 5.99. The number of hydrogen-bond donors (Lipinski definition) is 1. The van der Waals surface area contributed by atoms with Gasteiger partial charge in [-0.3, -0.25) is 9.78 Å². The Morgan fingerprint density at radius 3 is 1.95 bits per heavy atom. The normalized spacial score (nSPS) is 13.6. The highest BCUT2D eigenvalue weighted by Gasteiger charge is 2.40. The molecule has 0 aliphatic carbocycles. The Morgan fingerprint density at radius 2 is 1.34 bits per heavy atom. The van der Waals surface area contributed by atoms with Crippen LogP contribution in [0.5, 0.6) is 0 Å². The molecule has 4 aromatic rings. The molecule has 196 valence electrons. The van der Waals surface area contributed by atoms with Gasteiger partial charge in [-0.2, -0.15) is 26.3 Å². The molecule has 0 fully saturated rings. The van der Waals surface area contributed by atoms with Crippen LogP contribution < -0.4 is 5.32 Å². The smallest absolute Gasteiger partial charge is 0.337 e. The van der Waals surface area contributed by atoms with Crippen LogP contribution in [0.1, 0.15) is 38.3 Å². The average molecular weight is 549 g/mol. The SMILES string of the molecule is O=C(NC(Cc1ccccc1)(c1cccc(C(F)(F)F)c1)c1ccc(Cl)cn1)c1cccc(C(F)(F)F)c1. The van der Waals surface area contributed by atoms with Gasteiger partial charge < -0.3 is 5.32 Å². The van der Waals surface area contributed by atoms with Gasteiger partial charge in [0.15, 0.2) is 0 Å². The maximum atomic E-state index is 13.7. The number of alkyl halides is 6. The van der Waals surface area contributed by atoms with Gasteiger partial charge >= 0.3 is 12.4 Å². The van der Waals surface area contributed by atoms with Crippen molar-refractivity contribution in [1.29, 1.82) is 0 Å². The summed E-state index contributed by atoms with van der Waals surface area (Å²) >= 11 is 6.01. The van der Waals surface area contributed by atoms with Gasteiger partial charge in [-0.1, -0.05) is 60.1 Å². The molecule has 10 heteroatoms. The summed E-state index contributed by atoms with van der Waals surface area (Å²) in [6.45, 7) is 0. The Morgan fingerprint density at radius 1 is 0.737 bits per heavy atom. The molecule has 1 aromatic heterocycles. The van der Waals surface area contributed by atoms with Crippen LogP contribution in [0.15, 0.2) is 97.2 Å². The van der Waals surface area contributed by atoms with Crippen LogP contribution in [0.25, 0.3) is 0 Å². The Labute approximate surface area is 219 Å². The van der Waals surface area contributed by atoms with Crippen molar-refractivity contribution in [3.05, 3.63) is 136 Å². The number of aromatic nitrogens is 1. The second-order valence-electron chi connectivity index (χ2n) is 8.54. The number of nitrogens with zero attached hydrogens (tertiary/aromatic N) is 1. The van der Waals surface area contributed by atoms with Crippen molar-refractivity contribution in [2.45, 2.75) is 24.3 Å². The van der Waals surface area contributed by atoms with E-state index in [-0.39, 0.29) is 28.3 Å². The maximum absolute atomic E-state index is 13.7. The number of carbonyl (C=O) groups is 1. The molecule has 1 N–H and O–H groups in total. The van der Waals surface area contributed by atoms with Gasteiger partial charge in [-0.05, 0) is 53.6 Å². The lowest BCUT2D eigenvalue weighted by molar-refractivity contribution is -0.138. The second-order valence-corrected chi connectivity index (χ2v) is 8.98. The van der Waals surface area contributed by atoms with Crippen molar-refractivity contribution >= 4 is 17.5 Å². The molecule has 0 bridgehead atoms. The average Bonchev–Trinajstić information content (AvgIpc) is 2.88. The van der Waals surface area contributed by atoms with Crippen molar-refractivity contribution in [3.8, 4) is 0 Å². The molecule has 1 heterocycles. The lowest BCUT2D eigenvalue weighted by Crippen LogP contribution is -2.49. The van der Waals surface area contributed by atoms with E-state index in [1.165, 1.54) is 36.5 Å². The minimum atomic E-state index is -4.70. The largest absolute Gasteiger partial charge is 0.416 e. The van der Waals surface area contributed by atoms with Crippen LogP contribution in [0, 0.1) is 0 Å². The number of nitrogens with one attached hydrogen (secondary N) is 1. The fraction of sp³-hybridized carbons (Fsp3) is 0.143. The van der Waals surface area contributed by atoms with E-state index in [2.05, 4.69) is 10.3 Å². The highest BCUT2D eigenvalue weighted by atomic mass is 35.5. The van der Waals surface area contributed by atoms with Gasteiger partial charge in [0.25, 0.3) is 5.91 Å². The van der Waals surface area contributed by atoms with Gasteiger partial charge in [0.05, 0.1) is 21.8 Å². The van der Waals surface area contributed by atoms with Crippen LogP contribution in [0.4, 0.5) is 26.3 Å². The fourth-order valence-corrected chi connectivity index (χ4v) is 4.23. The van der Waals surface area contributed by atoms with E-state index in [4.69, 9.17) is 11.6 Å². The summed E-state index contributed by atoms with van der Waals surface area (Å²) in [6.07, 6.45) is -8.17. The molecular weight excluding hydrogens is 530 g/mol. The number of halogens is 7. The fourth-order valence-electron chi connectivity index (χ4n) is 4.11. The standard InChI is InChI=1S/C28H19ClF6N2O/c29-23-12-13-24(36-17-23)26(16-18-6-2-1-3-7-18,20-9-5-11-22(15-20)28(33,34)35)37-25(38)19-8-4-10-21(14-19)27(30,31)32/h1-15,17H,16H2,(H,37,38). The summed E-state index contributed by atoms with van der Waals surface area (Å²) in [5, 5.41) is 2.97. The molecule has 0 saturated carbocycles. The topological polar surface area (TPSA) is 42.0 Å². The lowest BCUT2D eigenvalue weighted by Gasteiger charge is -2.36. The number of pyridine rings is 1. The summed E-state index contributed by atoms with van der Waals surface area (Å²) < 4.78 is 81.0. The van der Waals surface area contributed by atoms with Crippen LogP contribution >= 0.6 is 11.6 Å². The van der Waals surface area contributed by atoms with Gasteiger partial charge in [-0.15, -0.1) is 0 Å². The van der Waals surface area contributed by atoms with Crippen molar-refractivity contribution in [3.63, 3.8) is 0 Å². The molecule has 38 heavy (non-hydrogen) atoms. The van der Waals surface area contributed by atoms with Crippen molar-refractivity contribution in [1.82, 2.24) is 10.3 Å². The van der Waals surface area contributed by atoms with Gasteiger partial charge in [0.2, 0.25) is 0 Å². The molecular formula is C28H19ClF6N2O. The van der Waals surface area contributed by atoms with E-state index in [1.807, 2.05) is 0 Å². The van der Waals surface area contributed by atoms with E-state index >= 15 is 0 Å². The Kier molecular flexibility index (Phi) is 7.51. The molecule has 0 spiro atoms. The van der Waals surface area contributed by atoms with Crippen molar-refractivity contribution in [2.75, 3.05) is 0 Å². The minimum absolute atomic E-state index is 0.0336. The second kappa shape index (κ2) is 10.5. The molecule has 0 saturated heterocycles. The molecule has 1 amide bonds. The van der Waals surface area contributed by atoms with Crippen LogP contribution in [-0.2, 0) is 24.3 Å². The Bertz CT molecular complexity index is 1420. The van der Waals surface area contributed by atoms with E-state index in [1.54, 1.807) is 30.3 Å². The quantitative estimate of drug-likeness (QED) is 0.251. The lowest BCUT2D eigenvalue weighted by atomic mass is 9.79. The van der Waals surface area contributed by atoms with Crippen LogP contribution in [-0.4, -0.2) is 10.9 Å². The molecule has 1 atom stereocenters. The van der Waals surface area contributed by atoms with Crippen LogP contribution in [0.2, 0.25) is 5.02 Å². The Hall–Kier alpha value is -3.85. The van der Waals surface area contributed by atoms with Crippen molar-refractivity contribution < 1.29 is 31.1 Å². The Balaban J connectivity index is 1.93. The monoisotopic (exact) mass is 548 g/mol. The predicted molar refractivity (Wildman–Crippen MR) is 131 cm³/mol. The number of carbonyl (C=O) groups excluding carboxylic acids is 1. The molecule has 0 aliphatic heterocycles. The summed E-state index contributed by atoms with van der Waals surface area (Å²) in [5.74, 6) is -0.929. The first-order chi connectivity index (χ1) is 17.9. The summed E-state index contributed by atoms with van der Waals surface area (Å²) in [7, 11) is 0. The number of benzene rings is 3. The molecule has 3 nitrogen and oxygen atoms in total. The van der Waals surface area contributed by atoms with E-state index in [0.29, 0.717) is 11.6 Å². The first-order valence-corrected chi connectivity index (χ1v) is 11.6. The zero-order valence-electron chi connectivity index (χ0n) is 19.4. The highest BCUT2D eigenvalue weighted by molar-refractivity contribution is 6.30. The first-order valence-electron chi connectivity index (χ1n) is 11.2. The number of amides is 1. The van der Waals surface area contributed by atoms with E-state index in [0.717, 1.165) is 24.3 Å². The summed E-state index contributed by atoms with van der Waals surface area (Å²) in [4.78, 5) is 17.8. The van der Waals surface area contributed by atoms with Crippen molar-refractivity contribution in [2.24, 2.45) is 0 Å². The predicted octanol–water partition coefficient (Wildman–Crippen LogP) is 7.69. The zero-order chi connectivity index (χ0) is 27.6. The molecule has 0 aliphatic rings. The molecule has 0 radical (unpaired) electrons. The highest BCUT2D eigenvalue weighted by Crippen LogP contribution is 2.37. The van der Waals surface area contributed by atoms with Gasteiger partial charge in [0.1, 0.15) is 5.54 Å². The van der Waals surface area contributed by atoms with Gasteiger partial charge in [-0.25, -0.2) is 0 Å². The van der Waals surface area contributed by atoms with Crippen LogP contribution in [0.3, 0.4) is 0 Å². The maximum Gasteiger partial charge on any atom is 0.416 e. The molecule has 4 rings (SSSR count). The molecule has 1 unspecified atom stereocenters. The zero-order valence-corrected chi connectivity index (χ0v) is 20.2. The molecule has 3 aromatic carbocycles. The summed E-state index contributed by atoms with van der Waals surface area (Å²) in [6, 6.07) is 19.7. The number of hydrogen-bond acceptors (Lipinski definition) is 2. The van der Waals surface area contributed by atoms with Gasteiger partial charge in [0, 0.05) is 18.2 Å². The number of rotatable bonds is 6. The third-order valence-electron chi connectivity index (χ3n) is 5.94. The van der Waals surface area contributed by atoms with E-state index < -0.39 is 34.9 Å². The van der Waals surface area contributed by atoms with E-state index in [9.17, 15) is 31.1 Å².